The molecule has 0 aromatic carbocycles. The molecule has 0 aliphatic heterocycles. The van der Waals surface area contributed by atoms with E-state index in [2.05, 4.69) is 107 Å². The van der Waals surface area contributed by atoms with Crippen LogP contribution in [0.3, 0.4) is 0 Å². The van der Waals surface area contributed by atoms with Crippen LogP contribution in [0.4, 0.5) is 0 Å². The van der Waals surface area contributed by atoms with Crippen LogP contribution in [0.15, 0.2) is 97.2 Å². The molecule has 17 nitrogen and oxygen atoms in total. The fourth-order valence-electron chi connectivity index (χ4n) is 9.86. The molecule has 0 aromatic heterocycles. The van der Waals surface area contributed by atoms with Gasteiger partial charge in [0, 0.05) is 25.7 Å². The summed E-state index contributed by atoms with van der Waals surface area (Å²) in [6, 6.07) is 0. The van der Waals surface area contributed by atoms with Crippen molar-refractivity contribution in [3.05, 3.63) is 97.2 Å². The zero-order valence-electron chi connectivity index (χ0n) is 60.3. The third-order valence-electron chi connectivity index (χ3n) is 15.6. The minimum atomic E-state index is -4.98. The molecule has 0 aliphatic rings. The number of hydrogen-bond donors (Lipinski definition) is 3. The molecule has 96 heavy (non-hydrogen) atoms. The van der Waals surface area contributed by atoms with Crippen LogP contribution < -0.4 is 0 Å². The van der Waals surface area contributed by atoms with Crippen molar-refractivity contribution in [3.63, 3.8) is 0 Å². The molecule has 0 amide bonds. The van der Waals surface area contributed by atoms with Gasteiger partial charge in [0.15, 0.2) is 12.2 Å². The maximum absolute atomic E-state index is 13.0. The van der Waals surface area contributed by atoms with E-state index in [4.69, 9.17) is 37.0 Å². The normalized spacial score (nSPS) is 14.5. The van der Waals surface area contributed by atoms with Gasteiger partial charge in [0.2, 0.25) is 0 Å². The molecule has 0 fully saturated rings. The molecule has 3 N–H and O–H groups in total. The Hall–Kier alpha value is -4.02. The van der Waals surface area contributed by atoms with Crippen molar-refractivity contribution in [3.8, 4) is 0 Å². The van der Waals surface area contributed by atoms with E-state index in [-0.39, 0.29) is 25.7 Å². The summed E-state index contributed by atoms with van der Waals surface area (Å²) in [5, 5.41) is 10.6. The molecule has 5 unspecified atom stereocenters. The molecule has 0 aliphatic carbocycles. The minimum Gasteiger partial charge on any atom is -0.462 e. The molecule has 0 saturated carbocycles. The maximum atomic E-state index is 13.0. The highest BCUT2D eigenvalue weighted by molar-refractivity contribution is 7.47. The van der Waals surface area contributed by atoms with Crippen molar-refractivity contribution in [2.45, 2.75) is 329 Å². The van der Waals surface area contributed by atoms with Gasteiger partial charge in [-0.15, -0.1) is 0 Å². The molecule has 0 saturated heterocycles. The number of unbranched alkanes of at least 4 members (excludes halogenated alkanes) is 28. The standard InChI is InChI=1S/C77H134O17P2/c1-5-9-13-17-21-25-29-31-33-34-35-36-38-40-44-46-50-54-58-62-75(80)88-68-73(94-77(82)64-60-56-52-48-42-28-24-20-16-12-8-4)70-92-96(85,86)90-66-71(78)65-89-95(83,84)91-69-72(93-76(81)63-59-55-51-47-41-27-23-19-15-11-7-3)67-87-74(79)61-57-53-49-45-43-39-37-32-30-26-22-18-14-10-6-2/h9,13,21-22,25-26,31-33,35-37,40,44,50,54,71-73,78H,5-8,10-12,14-20,23-24,27-30,34,38-39,41-43,45-49,51-53,55-70H2,1-4H3,(H,83,84)(H,85,86)/b13-9-,25-21-,26-22-,33-31-,36-35-,37-32-,44-40-,54-50-. The van der Waals surface area contributed by atoms with Gasteiger partial charge in [-0.25, -0.2) is 9.13 Å². The highest BCUT2D eigenvalue weighted by Gasteiger charge is 2.30. The van der Waals surface area contributed by atoms with Gasteiger partial charge in [0.25, 0.3) is 0 Å². The van der Waals surface area contributed by atoms with Crippen molar-refractivity contribution in [1.29, 1.82) is 0 Å². The van der Waals surface area contributed by atoms with E-state index in [1.54, 1.807) is 0 Å². The van der Waals surface area contributed by atoms with Crippen LogP contribution in [-0.2, 0) is 65.4 Å². The molecular weight excluding hydrogens is 1260 g/mol. The van der Waals surface area contributed by atoms with Gasteiger partial charge in [-0.1, -0.05) is 285 Å². The van der Waals surface area contributed by atoms with Crippen molar-refractivity contribution in [2.75, 3.05) is 39.6 Å². The number of rotatable bonds is 70. The van der Waals surface area contributed by atoms with Gasteiger partial charge in [-0.05, 0) is 96.3 Å². The Morgan fingerprint density at radius 2 is 0.562 bits per heavy atom. The topological polar surface area (TPSA) is 237 Å². The van der Waals surface area contributed by atoms with Crippen molar-refractivity contribution in [1.82, 2.24) is 0 Å². The lowest BCUT2D eigenvalue weighted by Crippen LogP contribution is -2.30. The molecule has 0 bridgehead atoms. The summed E-state index contributed by atoms with van der Waals surface area (Å²) in [5.74, 6) is -2.27. The summed E-state index contributed by atoms with van der Waals surface area (Å²) in [7, 11) is -9.95. The van der Waals surface area contributed by atoms with Crippen LogP contribution >= 0.6 is 15.6 Å². The minimum absolute atomic E-state index is 0.0378. The summed E-state index contributed by atoms with van der Waals surface area (Å²) in [4.78, 5) is 72.6. The summed E-state index contributed by atoms with van der Waals surface area (Å²) in [5.41, 5.74) is 0. The van der Waals surface area contributed by atoms with Crippen LogP contribution in [0.5, 0.6) is 0 Å². The van der Waals surface area contributed by atoms with Crippen molar-refractivity contribution < 1.29 is 80.2 Å². The van der Waals surface area contributed by atoms with Crippen LogP contribution in [0.1, 0.15) is 310 Å². The Bertz CT molecular complexity index is 2200. The number of esters is 4. The van der Waals surface area contributed by atoms with Crippen LogP contribution in [-0.4, -0.2) is 96.7 Å². The first-order chi connectivity index (χ1) is 46.7. The number of carbonyl (C=O) groups is 4. The van der Waals surface area contributed by atoms with E-state index in [1.165, 1.54) is 96.3 Å². The first-order valence-electron chi connectivity index (χ1n) is 37.5. The number of aliphatic hydroxyl groups excluding tert-OH is 1. The zero-order valence-corrected chi connectivity index (χ0v) is 62.1. The van der Waals surface area contributed by atoms with Crippen LogP contribution in [0.2, 0.25) is 0 Å². The highest BCUT2D eigenvalue weighted by Crippen LogP contribution is 2.45. The first kappa shape index (κ1) is 92.0. The summed E-state index contributed by atoms with van der Waals surface area (Å²) in [6.07, 6.45) is 71.4. The van der Waals surface area contributed by atoms with Gasteiger partial charge in [0.1, 0.15) is 19.3 Å². The highest BCUT2D eigenvalue weighted by atomic mass is 31.2. The molecule has 0 radical (unpaired) electrons. The summed E-state index contributed by atoms with van der Waals surface area (Å²) in [6.45, 7) is 4.63. The monoisotopic (exact) mass is 1390 g/mol. The van der Waals surface area contributed by atoms with Crippen LogP contribution in [0, 0.1) is 0 Å². The smallest absolute Gasteiger partial charge is 0.462 e. The lowest BCUT2D eigenvalue weighted by atomic mass is 10.1. The number of allylic oxidation sites excluding steroid dienone is 16. The fraction of sp³-hybridized carbons (Fsp3) is 0.740. The Morgan fingerprint density at radius 3 is 0.917 bits per heavy atom. The zero-order chi connectivity index (χ0) is 70.4. The fourth-order valence-corrected chi connectivity index (χ4v) is 11.4. The molecule has 0 rings (SSSR count). The summed E-state index contributed by atoms with van der Waals surface area (Å²) < 4.78 is 68.3. The lowest BCUT2D eigenvalue weighted by molar-refractivity contribution is -0.161. The third-order valence-corrected chi connectivity index (χ3v) is 17.5. The molecular formula is C77H134O17P2. The molecule has 19 heteroatoms. The predicted molar refractivity (Wildman–Crippen MR) is 390 cm³/mol. The van der Waals surface area contributed by atoms with E-state index in [0.29, 0.717) is 32.1 Å². The van der Waals surface area contributed by atoms with E-state index in [9.17, 15) is 43.2 Å². The average Bonchev–Trinajstić information content (AvgIpc) is 1.15. The average molecular weight is 1390 g/mol. The van der Waals surface area contributed by atoms with E-state index in [0.717, 1.165) is 128 Å². The Kier molecular flexibility index (Phi) is 66.6. The largest absolute Gasteiger partial charge is 0.472 e. The lowest BCUT2D eigenvalue weighted by Gasteiger charge is -2.21. The SMILES string of the molecule is CC/C=C\C/C=C\C/C=C\C/C=C\C/C=C\C/C=C\CCC(=O)OCC(COP(=O)(O)OCC(O)COP(=O)(O)OCC(COC(=O)CCCCCCC/C=C\C/C=C\CCCCC)OC(=O)CCCCCCCCCCCCC)OC(=O)CCCCCCCCCCCCC. The van der Waals surface area contributed by atoms with Gasteiger partial charge < -0.3 is 33.8 Å². The van der Waals surface area contributed by atoms with E-state index in [1.807, 2.05) is 18.2 Å². The molecule has 0 heterocycles. The van der Waals surface area contributed by atoms with Gasteiger partial charge >= 0.3 is 39.5 Å². The van der Waals surface area contributed by atoms with Gasteiger partial charge in [-0.2, -0.15) is 0 Å². The number of aliphatic hydroxyl groups is 1. The maximum Gasteiger partial charge on any atom is 0.472 e. The number of phosphoric acid groups is 2. The van der Waals surface area contributed by atoms with E-state index < -0.39 is 97.5 Å². The van der Waals surface area contributed by atoms with Gasteiger partial charge in [-0.3, -0.25) is 37.3 Å². The molecule has 554 valence electrons. The Balaban J connectivity index is 5.34. The van der Waals surface area contributed by atoms with Crippen molar-refractivity contribution in [2.24, 2.45) is 0 Å². The number of ether oxygens (including phenoxy) is 4. The second kappa shape index (κ2) is 69.5. The number of carbonyl (C=O) groups excluding carboxylic acids is 4. The second-order valence-corrected chi connectivity index (χ2v) is 27.8. The predicted octanol–water partition coefficient (Wildman–Crippen LogP) is 21.2. The van der Waals surface area contributed by atoms with Crippen molar-refractivity contribution >= 4 is 39.5 Å². The van der Waals surface area contributed by atoms with Crippen LogP contribution in [0.25, 0.3) is 0 Å². The third kappa shape index (κ3) is 68.5. The second-order valence-electron chi connectivity index (χ2n) is 24.9. The summed E-state index contributed by atoms with van der Waals surface area (Å²) >= 11 is 0. The molecule has 0 spiro atoms. The van der Waals surface area contributed by atoms with E-state index >= 15 is 0 Å². The quantitative estimate of drug-likeness (QED) is 0.0169. The molecule has 5 atom stereocenters. The molecule has 0 aromatic rings. The number of hydrogen-bond acceptors (Lipinski definition) is 15. The first-order valence-corrected chi connectivity index (χ1v) is 40.5. The number of phosphoric ester groups is 2. The Morgan fingerprint density at radius 1 is 0.302 bits per heavy atom. The van der Waals surface area contributed by atoms with Gasteiger partial charge in [0.05, 0.1) is 26.4 Å². The Labute approximate surface area is 582 Å².